The van der Waals surface area contributed by atoms with Crippen molar-refractivity contribution in [3.05, 3.63) is 41.3 Å². The molecule has 0 bridgehead atoms. The fourth-order valence-electron chi connectivity index (χ4n) is 4.10. The van der Waals surface area contributed by atoms with Crippen molar-refractivity contribution in [2.75, 3.05) is 0 Å². The summed E-state index contributed by atoms with van der Waals surface area (Å²) in [6.07, 6.45) is 9.95. The molecule has 0 spiro atoms. The molecule has 1 aliphatic carbocycles. The molecule has 5 nitrogen and oxygen atoms in total. The summed E-state index contributed by atoms with van der Waals surface area (Å²) in [4.78, 5) is 23.5. The lowest BCUT2D eigenvalue weighted by Crippen LogP contribution is -2.43. The number of aliphatic carboxylic acids is 1. The number of allylic oxidation sites excluding steroid dienone is 2. The van der Waals surface area contributed by atoms with Crippen LogP contribution in [-0.2, 0) is 4.79 Å². The second-order valence-electron chi connectivity index (χ2n) is 8.08. The van der Waals surface area contributed by atoms with Crippen molar-refractivity contribution in [1.29, 1.82) is 0 Å². The second kappa shape index (κ2) is 9.92. The number of unbranched alkanes of at least 4 members (excludes halogenated alkanes) is 1. The molecule has 1 heterocycles. The maximum atomic E-state index is 13.0. The molecule has 29 heavy (non-hydrogen) atoms. The highest BCUT2D eigenvalue weighted by molar-refractivity contribution is 7.17. The van der Waals surface area contributed by atoms with E-state index in [0.717, 1.165) is 35.8 Å². The van der Waals surface area contributed by atoms with Crippen LogP contribution < -0.4 is 5.32 Å². The largest absolute Gasteiger partial charge is 0.508 e. The number of nitrogens with one attached hydrogen (secondary N) is 1. The van der Waals surface area contributed by atoms with Crippen LogP contribution >= 0.6 is 11.3 Å². The van der Waals surface area contributed by atoms with Crippen LogP contribution in [0.15, 0.2) is 35.7 Å². The van der Waals surface area contributed by atoms with E-state index in [4.69, 9.17) is 5.11 Å². The summed E-state index contributed by atoms with van der Waals surface area (Å²) < 4.78 is 0.991. The fourth-order valence-corrected chi connectivity index (χ4v) is 5.02. The van der Waals surface area contributed by atoms with E-state index >= 15 is 0 Å². The van der Waals surface area contributed by atoms with E-state index in [2.05, 4.69) is 24.4 Å². The number of benzene rings is 1. The first-order valence-corrected chi connectivity index (χ1v) is 11.2. The molecule has 1 fully saturated rings. The summed E-state index contributed by atoms with van der Waals surface area (Å²) in [7, 11) is 0. The van der Waals surface area contributed by atoms with Gasteiger partial charge in [0.1, 0.15) is 5.75 Å². The fraction of sp³-hybridized carbons (Fsp3) is 0.478. The second-order valence-corrected chi connectivity index (χ2v) is 8.99. The lowest BCUT2D eigenvalue weighted by molar-refractivity contribution is -0.137. The lowest BCUT2D eigenvalue weighted by atomic mass is 9.77. The third kappa shape index (κ3) is 5.82. The van der Waals surface area contributed by atoms with Gasteiger partial charge >= 0.3 is 5.97 Å². The maximum absolute atomic E-state index is 13.0. The molecule has 1 aromatic heterocycles. The van der Waals surface area contributed by atoms with Crippen LogP contribution in [-0.4, -0.2) is 28.1 Å². The van der Waals surface area contributed by atoms with Crippen LogP contribution in [0.5, 0.6) is 5.75 Å². The Labute approximate surface area is 175 Å². The standard InChI is InChI=1S/C23H29NO4S/c1-15-8-9-16(6-4-2-3-5-7-22(26)27)20(12-15)24-23(28)19-14-29-21-11-10-17(25)13-18(19)21/h2,4,10-11,13-16,20,25H,3,5-9,12H2,1H3,(H,24,28)(H,26,27)/b4-2-/t15-,16+,20-/m1/s1. The van der Waals surface area contributed by atoms with Crippen LogP contribution in [0.3, 0.4) is 0 Å². The number of phenolic OH excluding ortho intramolecular Hbond substituents is 1. The van der Waals surface area contributed by atoms with E-state index in [1.165, 1.54) is 17.8 Å². The first-order chi connectivity index (χ1) is 13.9. The number of phenols is 1. The average molecular weight is 416 g/mol. The van der Waals surface area contributed by atoms with Crippen LogP contribution in [0.25, 0.3) is 10.1 Å². The Kier molecular flexibility index (Phi) is 7.31. The van der Waals surface area contributed by atoms with Gasteiger partial charge in [0.25, 0.3) is 5.91 Å². The summed E-state index contributed by atoms with van der Waals surface area (Å²) in [5, 5.41) is 24.4. The Morgan fingerprint density at radius 2 is 2.10 bits per heavy atom. The quantitative estimate of drug-likeness (QED) is 0.401. The number of thiophene rings is 1. The Bertz CT molecular complexity index is 888. The molecule has 6 heteroatoms. The highest BCUT2D eigenvalue weighted by atomic mass is 32.1. The van der Waals surface area contributed by atoms with E-state index in [1.807, 2.05) is 11.4 Å². The summed E-state index contributed by atoms with van der Waals surface area (Å²) >= 11 is 1.51. The summed E-state index contributed by atoms with van der Waals surface area (Å²) in [5.74, 6) is 0.318. The van der Waals surface area contributed by atoms with E-state index < -0.39 is 5.97 Å². The number of rotatable bonds is 8. The summed E-state index contributed by atoms with van der Waals surface area (Å²) in [6.45, 7) is 2.23. The molecule has 3 N–H and O–H groups in total. The minimum absolute atomic E-state index is 0.0728. The Balaban J connectivity index is 1.62. The molecule has 0 radical (unpaired) electrons. The highest BCUT2D eigenvalue weighted by Crippen LogP contribution is 2.33. The van der Waals surface area contributed by atoms with Gasteiger partial charge in [-0.2, -0.15) is 0 Å². The van der Waals surface area contributed by atoms with Crippen molar-refractivity contribution in [3.8, 4) is 5.75 Å². The van der Waals surface area contributed by atoms with Gasteiger partial charge in [0.2, 0.25) is 0 Å². The van der Waals surface area contributed by atoms with Gasteiger partial charge in [-0.05, 0) is 62.1 Å². The van der Waals surface area contributed by atoms with Gasteiger partial charge in [0, 0.05) is 27.9 Å². The zero-order valence-electron chi connectivity index (χ0n) is 16.8. The van der Waals surface area contributed by atoms with Crippen LogP contribution in [0.2, 0.25) is 0 Å². The van der Waals surface area contributed by atoms with Gasteiger partial charge in [0.15, 0.2) is 0 Å². The zero-order valence-corrected chi connectivity index (χ0v) is 17.6. The monoisotopic (exact) mass is 415 g/mol. The van der Waals surface area contributed by atoms with Crippen molar-refractivity contribution in [2.24, 2.45) is 11.8 Å². The van der Waals surface area contributed by atoms with Gasteiger partial charge in [-0.25, -0.2) is 0 Å². The number of carboxylic acid groups (broad SMARTS) is 1. The van der Waals surface area contributed by atoms with Crippen LogP contribution in [0.4, 0.5) is 0 Å². The number of hydrogen-bond acceptors (Lipinski definition) is 4. The Morgan fingerprint density at radius 1 is 1.28 bits per heavy atom. The summed E-state index contributed by atoms with van der Waals surface area (Å²) in [5.41, 5.74) is 0.627. The molecule has 1 aliphatic rings. The normalized spacial score (nSPS) is 22.2. The number of carbonyl (C=O) groups is 2. The number of fused-ring (bicyclic) bond motifs is 1. The molecule has 1 aromatic carbocycles. The molecule has 0 aliphatic heterocycles. The van der Waals surface area contributed by atoms with Crippen molar-refractivity contribution in [1.82, 2.24) is 5.32 Å². The molecular formula is C23H29NO4S. The molecule has 1 saturated carbocycles. The molecule has 156 valence electrons. The van der Waals surface area contributed by atoms with E-state index in [0.29, 0.717) is 23.8 Å². The molecule has 3 rings (SSSR count). The molecule has 0 saturated heterocycles. The summed E-state index contributed by atoms with van der Waals surface area (Å²) in [6, 6.07) is 5.26. The molecule has 1 amide bonds. The van der Waals surface area contributed by atoms with Crippen molar-refractivity contribution in [2.45, 2.75) is 57.9 Å². The van der Waals surface area contributed by atoms with Crippen molar-refractivity contribution < 1.29 is 19.8 Å². The first kappa shape index (κ1) is 21.4. The smallest absolute Gasteiger partial charge is 0.303 e. The Hall–Kier alpha value is -2.34. The minimum atomic E-state index is -0.753. The number of carbonyl (C=O) groups excluding carboxylic acids is 1. The molecule has 0 unspecified atom stereocenters. The van der Waals surface area contributed by atoms with Crippen LogP contribution in [0.1, 0.15) is 62.2 Å². The van der Waals surface area contributed by atoms with Gasteiger partial charge in [-0.1, -0.05) is 25.5 Å². The highest BCUT2D eigenvalue weighted by Gasteiger charge is 2.29. The zero-order chi connectivity index (χ0) is 20.8. The van der Waals surface area contributed by atoms with Crippen LogP contribution in [0, 0.1) is 11.8 Å². The number of carboxylic acids is 1. The minimum Gasteiger partial charge on any atom is -0.508 e. The van der Waals surface area contributed by atoms with E-state index in [9.17, 15) is 14.7 Å². The molecule has 3 atom stereocenters. The number of aromatic hydroxyl groups is 1. The number of amides is 1. The first-order valence-electron chi connectivity index (χ1n) is 10.3. The topological polar surface area (TPSA) is 86.6 Å². The van der Waals surface area contributed by atoms with Crippen molar-refractivity contribution in [3.63, 3.8) is 0 Å². The van der Waals surface area contributed by atoms with E-state index in [1.54, 1.807) is 12.1 Å². The van der Waals surface area contributed by atoms with Gasteiger partial charge < -0.3 is 15.5 Å². The predicted molar refractivity (Wildman–Crippen MR) is 116 cm³/mol. The SMILES string of the molecule is C[C@@H]1CC[C@H](C/C=C\CCCC(=O)O)[C@H](NC(=O)c2csc3ccc(O)cc23)C1. The lowest BCUT2D eigenvalue weighted by Gasteiger charge is -2.35. The van der Waals surface area contributed by atoms with Gasteiger partial charge in [-0.3, -0.25) is 9.59 Å². The molecular weight excluding hydrogens is 386 g/mol. The number of hydrogen-bond donors (Lipinski definition) is 3. The van der Waals surface area contributed by atoms with Gasteiger partial charge in [-0.15, -0.1) is 11.3 Å². The molecule has 2 aromatic rings. The average Bonchev–Trinajstić information content (AvgIpc) is 3.09. The maximum Gasteiger partial charge on any atom is 0.303 e. The third-order valence-electron chi connectivity index (χ3n) is 5.74. The third-order valence-corrected chi connectivity index (χ3v) is 6.70. The van der Waals surface area contributed by atoms with E-state index in [-0.39, 0.29) is 24.1 Å². The predicted octanol–water partition coefficient (Wildman–Crippen LogP) is 5.34. The van der Waals surface area contributed by atoms with Gasteiger partial charge in [0.05, 0.1) is 5.56 Å². The van der Waals surface area contributed by atoms with Crippen molar-refractivity contribution >= 4 is 33.3 Å². The Morgan fingerprint density at radius 3 is 2.90 bits per heavy atom.